The number of alkyl halides is 3. The van der Waals surface area contributed by atoms with E-state index in [2.05, 4.69) is 30.8 Å². The zero-order chi connectivity index (χ0) is 63.7. The second kappa shape index (κ2) is 32.0. The highest BCUT2D eigenvalue weighted by atomic mass is 32.1. The van der Waals surface area contributed by atoms with Gasteiger partial charge in [-0.3, -0.25) is 33.7 Å². The lowest BCUT2D eigenvalue weighted by Gasteiger charge is -2.44. The second-order valence-electron chi connectivity index (χ2n) is 23.1. The second-order valence-corrected chi connectivity index (χ2v) is 23.9. The molecule has 20 nitrogen and oxygen atoms in total. The van der Waals surface area contributed by atoms with Crippen molar-refractivity contribution in [2.45, 2.75) is 97.8 Å². The third-order valence-electron chi connectivity index (χ3n) is 15.6. The monoisotopic (exact) mass is 1250 g/mol. The molecular formula is C63H80F4N8O12S. The number of anilines is 2. The molecule has 0 radical (unpaired) electrons. The fourth-order valence-electron chi connectivity index (χ4n) is 10.4. The number of hydrogen-bond donors (Lipinski definition) is 5. The molecule has 5 atom stereocenters. The van der Waals surface area contributed by atoms with Gasteiger partial charge in [0, 0.05) is 93.4 Å². The first kappa shape index (κ1) is 68.5. The molecular weight excluding hydrogens is 1170 g/mol. The highest BCUT2D eigenvalue weighted by molar-refractivity contribution is 7.13. The van der Waals surface area contributed by atoms with Gasteiger partial charge in [-0.1, -0.05) is 51.1 Å². The summed E-state index contributed by atoms with van der Waals surface area (Å²) >= 11 is 1.56. The lowest BCUT2D eigenvalue weighted by Crippen LogP contribution is -2.55. The van der Waals surface area contributed by atoms with Crippen molar-refractivity contribution in [3.63, 3.8) is 0 Å². The zero-order valence-electron chi connectivity index (χ0n) is 50.8. The van der Waals surface area contributed by atoms with E-state index in [4.69, 9.17) is 23.7 Å². The van der Waals surface area contributed by atoms with Gasteiger partial charge < -0.3 is 59.5 Å². The van der Waals surface area contributed by atoms with E-state index < -0.39 is 64.0 Å². The average Bonchev–Trinajstić information content (AvgIpc) is 1.37. The predicted octanol–water partition coefficient (Wildman–Crippen LogP) is 7.52. The van der Waals surface area contributed by atoms with Gasteiger partial charge in [-0.15, -0.1) is 11.3 Å². The van der Waals surface area contributed by atoms with Crippen molar-refractivity contribution in [3.05, 3.63) is 123 Å². The maximum atomic E-state index is 15.5. The molecule has 2 aliphatic heterocycles. The van der Waals surface area contributed by atoms with Crippen LogP contribution in [0, 0.1) is 24.1 Å². The standard InChI is InChI=1S/C63H80F4N8O12S/c1-39-35-74(36-40(2)73(39)7)54-15-13-44(29-53(54)72-59(80)49-34-69-56(78)32-50(49)63(65,66)67)48-28-45(12-14-52(48)64)58(79)68-17-19-84-21-23-86-25-27-87-26-24-85-22-20-83-18-16-46(76)30-51(62(4,5)6)61(82)75-37-47(77)31-55(75)60(81)70-33-42-8-10-43(11-9-42)57-41(3)71-38-88-57/h8-15,28-29,32,34,38-40,47,51,55,77H,16-27,30-31,33,35-37H2,1-7H3,(H,68,79)(H,69,78)(H,70,81)(H,72,80)/t39-,40+,47-,51-,55+/m1/s1. The number of aliphatic hydroxyl groups is 1. The molecule has 7 rings (SSSR count). The van der Waals surface area contributed by atoms with Gasteiger partial charge >= 0.3 is 6.18 Å². The largest absolute Gasteiger partial charge is 0.417 e. The molecule has 478 valence electrons. The predicted molar refractivity (Wildman–Crippen MR) is 325 cm³/mol. The van der Waals surface area contributed by atoms with Crippen LogP contribution in [0.2, 0.25) is 0 Å². The van der Waals surface area contributed by atoms with E-state index in [0.717, 1.165) is 27.8 Å². The van der Waals surface area contributed by atoms with Crippen molar-refractivity contribution in [2.24, 2.45) is 11.3 Å². The number of ketones is 1. The number of H-pyrrole nitrogens is 1. The van der Waals surface area contributed by atoms with Crippen molar-refractivity contribution in [1.82, 2.24) is 30.4 Å². The molecule has 2 aliphatic rings. The molecule has 5 aromatic rings. The molecule has 4 amide bonds. The van der Waals surface area contributed by atoms with Crippen LogP contribution in [0.15, 0.2) is 83.2 Å². The van der Waals surface area contributed by atoms with Crippen molar-refractivity contribution < 1.29 is 70.3 Å². The number of hydrogen-bond acceptors (Lipinski definition) is 16. The van der Waals surface area contributed by atoms with Crippen molar-refractivity contribution in [1.29, 1.82) is 0 Å². The number of aromatic nitrogens is 2. The molecule has 2 aromatic heterocycles. The third-order valence-corrected chi connectivity index (χ3v) is 16.6. The van der Waals surface area contributed by atoms with Crippen LogP contribution < -0.4 is 26.4 Å². The number of aliphatic hydroxyl groups excluding tert-OH is 1. The first-order valence-electron chi connectivity index (χ1n) is 29.4. The Morgan fingerprint density at radius 2 is 1.40 bits per heavy atom. The van der Waals surface area contributed by atoms with E-state index in [-0.39, 0.29) is 131 Å². The minimum absolute atomic E-state index is 0.00390. The molecule has 4 heterocycles. The summed E-state index contributed by atoms with van der Waals surface area (Å²) < 4.78 is 85.4. The molecule has 5 N–H and O–H groups in total. The number of β-amino-alcohol motifs (C(OH)–C–C–N with tert-alkyl or cyclic N) is 1. The Balaban J connectivity index is 0.743. The minimum atomic E-state index is -5.00. The third kappa shape index (κ3) is 19.3. The normalized spacial score (nSPS) is 17.7. The molecule has 0 unspecified atom stereocenters. The number of carbonyl (C=O) groups is 5. The van der Waals surface area contributed by atoms with Gasteiger partial charge in [0.15, 0.2) is 0 Å². The number of rotatable bonds is 30. The number of pyridine rings is 1. The van der Waals surface area contributed by atoms with Crippen LogP contribution in [0.1, 0.15) is 91.4 Å². The topological polar surface area (TPSA) is 243 Å². The van der Waals surface area contributed by atoms with Crippen molar-refractivity contribution in [2.75, 3.05) is 110 Å². The summed E-state index contributed by atoms with van der Waals surface area (Å²) in [6, 6.07) is 15.9. The van der Waals surface area contributed by atoms with Crippen LogP contribution in [0.5, 0.6) is 0 Å². The maximum Gasteiger partial charge on any atom is 0.417 e. The Kier molecular flexibility index (Phi) is 24.9. The molecule has 0 bridgehead atoms. The Morgan fingerprint density at radius 3 is 2.00 bits per heavy atom. The number of nitrogens with zero attached hydrogens (tertiary/aromatic N) is 4. The SMILES string of the molecule is Cc1ncsc1-c1ccc(CNC(=O)[C@@H]2C[C@@H](O)CN2C(=O)[C@@H](CC(=O)CCOCCOCCOCCOCCOCCNC(=O)c2ccc(F)c(-c3ccc(N4C[C@@H](C)N(C)[C@@H](C)C4)c(NC(=O)c4c[nH]c(=O)cc4C(F)(F)F)c3)c2)C(C)(C)C)cc1. The number of aromatic amines is 1. The lowest BCUT2D eigenvalue weighted by atomic mass is 9.76. The summed E-state index contributed by atoms with van der Waals surface area (Å²) in [6.07, 6.45) is -5.00. The average molecular weight is 1250 g/mol. The quantitative estimate of drug-likeness (QED) is 0.0221. The number of ether oxygens (including phenoxy) is 5. The van der Waals surface area contributed by atoms with Crippen LogP contribution in [0.3, 0.4) is 0 Å². The van der Waals surface area contributed by atoms with Crippen LogP contribution in [0.25, 0.3) is 21.6 Å². The van der Waals surface area contributed by atoms with Gasteiger partial charge in [0.1, 0.15) is 17.6 Å². The number of amides is 4. The molecule has 0 aliphatic carbocycles. The van der Waals surface area contributed by atoms with Crippen molar-refractivity contribution in [3.8, 4) is 21.6 Å². The summed E-state index contributed by atoms with van der Waals surface area (Å²) in [7, 11) is 1.98. The number of carbonyl (C=O) groups excluding carboxylic acids is 5. The lowest BCUT2D eigenvalue weighted by molar-refractivity contribution is -0.146. The Hall–Kier alpha value is -6.97. The van der Waals surface area contributed by atoms with E-state index >= 15 is 4.39 Å². The minimum Gasteiger partial charge on any atom is -0.391 e. The van der Waals surface area contributed by atoms with Gasteiger partial charge in [-0.2, -0.15) is 13.2 Å². The van der Waals surface area contributed by atoms with Gasteiger partial charge in [0.2, 0.25) is 17.4 Å². The fraction of sp³-hybridized carbons (Fsp3) is 0.508. The van der Waals surface area contributed by atoms with E-state index in [1.807, 2.05) is 77.8 Å². The van der Waals surface area contributed by atoms with Crippen LogP contribution in [-0.4, -0.2) is 178 Å². The van der Waals surface area contributed by atoms with E-state index in [9.17, 15) is 47.0 Å². The number of nitrogens with one attached hydrogen (secondary N) is 4. The van der Waals surface area contributed by atoms with Crippen LogP contribution >= 0.6 is 11.3 Å². The van der Waals surface area contributed by atoms with E-state index in [1.54, 1.807) is 29.0 Å². The Morgan fingerprint density at radius 1 is 0.784 bits per heavy atom. The summed E-state index contributed by atoms with van der Waals surface area (Å²) in [5.41, 5.74) is 1.78. The number of aryl methyl sites for hydroxylation is 1. The van der Waals surface area contributed by atoms with Gasteiger partial charge in [-0.05, 0) is 80.3 Å². The molecule has 2 fully saturated rings. The molecule has 0 saturated carbocycles. The van der Waals surface area contributed by atoms with Gasteiger partial charge in [0.25, 0.3) is 11.8 Å². The molecule has 0 spiro atoms. The molecule has 25 heteroatoms. The first-order valence-corrected chi connectivity index (χ1v) is 30.2. The summed E-state index contributed by atoms with van der Waals surface area (Å²) in [4.78, 5) is 92.4. The highest BCUT2D eigenvalue weighted by Crippen LogP contribution is 2.38. The number of likely N-dealkylation sites (N-methyl/N-ethyl adjacent to an activating group) is 1. The zero-order valence-corrected chi connectivity index (χ0v) is 51.6. The number of piperazine rings is 1. The summed E-state index contributed by atoms with van der Waals surface area (Å²) in [5.74, 6) is -3.92. The Labute approximate surface area is 513 Å². The first-order chi connectivity index (χ1) is 41.9. The highest BCUT2D eigenvalue weighted by Gasteiger charge is 2.44. The Bertz CT molecular complexity index is 3220. The summed E-state index contributed by atoms with van der Waals surface area (Å²) in [5, 5.41) is 18.8. The number of thiazole rings is 1. The number of benzene rings is 3. The summed E-state index contributed by atoms with van der Waals surface area (Å²) in [6.45, 7) is 15.6. The fourth-order valence-corrected chi connectivity index (χ4v) is 11.2. The van der Waals surface area contributed by atoms with Crippen LogP contribution in [0.4, 0.5) is 28.9 Å². The van der Waals surface area contributed by atoms with Crippen molar-refractivity contribution >= 4 is 52.1 Å². The number of halogens is 4. The number of likely N-dealkylation sites (tertiary alicyclic amines) is 1. The molecule has 2 saturated heterocycles. The van der Waals surface area contributed by atoms with E-state index in [1.165, 1.54) is 23.1 Å². The molecule has 3 aromatic carbocycles. The van der Waals surface area contributed by atoms with E-state index in [0.29, 0.717) is 57.5 Å². The van der Waals surface area contributed by atoms with Gasteiger partial charge in [-0.25, -0.2) is 9.37 Å². The van der Waals surface area contributed by atoms with Crippen LogP contribution in [-0.2, 0) is 50.8 Å². The smallest absolute Gasteiger partial charge is 0.391 e. The maximum absolute atomic E-state index is 15.5. The number of Topliss-reactive ketones (excluding diaryl/α,β-unsaturated/α-hetero) is 1. The molecule has 88 heavy (non-hydrogen) atoms. The van der Waals surface area contributed by atoms with Gasteiger partial charge in [0.05, 0.1) is 111 Å².